The van der Waals surface area contributed by atoms with Crippen molar-refractivity contribution in [3.63, 3.8) is 0 Å². The van der Waals surface area contributed by atoms with Crippen LogP contribution >= 0.6 is 0 Å². The van der Waals surface area contributed by atoms with Gasteiger partial charge in [-0.3, -0.25) is 9.59 Å². The molecular formula is C11H17N3O4. The fraction of sp³-hybridized carbons (Fsp3) is 0.455. The number of primary amides is 1. The van der Waals surface area contributed by atoms with Crippen LogP contribution in [0, 0.1) is 0 Å². The summed E-state index contributed by atoms with van der Waals surface area (Å²) in [6.45, 7) is 1.84. The summed E-state index contributed by atoms with van der Waals surface area (Å²) in [6, 6.07) is 2.93. The molecule has 2 amide bonds. The minimum atomic E-state index is -1.30. The lowest BCUT2D eigenvalue weighted by Crippen LogP contribution is -2.47. The summed E-state index contributed by atoms with van der Waals surface area (Å²) in [4.78, 5) is 22.2. The van der Waals surface area contributed by atoms with E-state index in [-0.39, 0.29) is 19.0 Å². The molecule has 18 heavy (non-hydrogen) atoms. The molecule has 1 rings (SSSR count). The average molecular weight is 255 g/mol. The molecule has 0 aliphatic rings. The molecule has 7 heteroatoms. The zero-order valence-corrected chi connectivity index (χ0v) is 10.1. The standard InChI is InChI=1S/C11H17N3O4/c1-7(13-6-9(15)10(12)16)11(17)14-5-8-3-2-4-18-8/h2-4,7,9,13,15H,5-6H2,1H3,(H2,12,16)(H,14,17). The quantitative estimate of drug-likeness (QED) is 0.484. The van der Waals surface area contributed by atoms with Crippen molar-refractivity contribution in [3.8, 4) is 0 Å². The number of nitrogens with one attached hydrogen (secondary N) is 2. The van der Waals surface area contributed by atoms with Crippen LogP contribution in [0.25, 0.3) is 0 Å². The molecule has 0 aliphatic heterocycles. The lowest BCUT2D eigenvalue weighted by molar-refractivity contribution is -0.127. The van der Waals surface area contributed by atoms with E-state index < -0.39 is 18.1 Å². The van der Waals surface area contributed by atoms with Crippen molar-refractivity contribution in [2.75, 3.05) is 6.54 Å². The Kier molecular flexibility index (Phi) is 5.34. The molecule has 1 heterocycles. The summed E-state index contributed by atoms with van der Waals surface area (Å²) in [5.74, 6) is -0.443. The fourth-order valence-electron chi connectivity index (χ4n) is 1.22. The molecule has 0 aliphatic carbocycles. The van der Waals surface area contributed by atoms with E-state index in [4.69, 9.17) is 15.3 Å². The number of aliphatic hydroxyl groups is 1. The summed E-state index contributed by atoms with van der Waals surface area (Å²) in [6.07, 6.45) is 0.220. The molecule has 0 aromatic carbocycles. The third-order valence-electron chi connectivity index (χ3n) is 2.36. The minimum Gasteiger partial charge on any atom is -0.467 e. The van der Waals surface area contributed by atoms with Crippen LogP contribution < -0.4 is 16.4 Å². The first kappa shape index (κ1) is 14.2. The first-order valence-corrected chi connectivity index (χ1v) is 5.51. The van der Waals surface area contributed by atoms with Gasteiger partial charge in [0.2, 0.25) is 11.8 Å². The second kappa shape index (κ2) is 6.77. The van der Waals surface area contributed by atoms with E-state index in [1.807, 2.05) is 0 Å². The van der Waals surface area contributed by atoms with Gasteiger partial charge in [-0.05, 0) is 19.1 Å². The highest BCUT2D eigenvalue weighted by Gasteiger charge is 2.16. The smallest absolute Gasteiger partial charge is 0.247 e. The first-order chi connectivity index (χ1) is 8.50. The predicted molar refractivity (Wildman–Crippen MR) is 63.2 cm³/mol. The fourth-order valence-corrected chi connectivity index (χ4v) is 1.22. The molecule has 0 spiro atoms. The Morgan fingerprint density at radius 2 is 2.28 bits per heavy atom. The van der Waals surface area contributed by atoms with Gasteiger partial charge in [-0.15, -0.1) is 0 Å². The largest absolute Gasteiger partial charge is 0.467 e. The van der Waals surface area contributed by atoms with Gasteiger partial charge in [-0.25, -0.2) is 0 Å². The number of amides is 2. The highest BCUT2D eigenvalue weighted by atomic mass is 16.3. The molecule has 0 fully saturated rings. The van der Waals surface area contributed by atoms with Crippen molar-refractivity contribution < 1.29 is 19.1 Å². The lowest BCUT2D eigenvalue weighted by atomic mass is 10.2. The molecular weight excluding hydrogens is 238 g/mol. The van der Waals surface area contributed by atoms with Crippen LogP contribution in [0.4, 0.5) is 0 Å². The maximum atomic E-state index is 11.6. The summed E-state index contributed by atoms with van der Waals surface area (Å²) in [7, 11) is 0. The van der Waals surface area contributed by atoms with Gasteiger partial charge in [-0.2, -0.15) is 0 Å². The van der Waals surface area contributed by atoms with Crippen molar-refractivity contribution >= 4 is 11.8 Å². The van der Waals surface area contributed by atoms with Gasteiger partial charge in [0.15, 0.2) is 0 Å². The van der Waals surface area contributed by atoms with Crippen LogP contribution in [0.1, 0.15) is 12.7 Å². The van der Waals surface area contributed by atoms with E-state index >= 15 is 0 Å². The number of carbonyl (C=O) groups excluding carboxylic acids is 2. The van der Waals surface area contributed by atoms with E-state index in [9.17, 15) is 9.59 Å². The highest BCUT2D eigenvalue weighted by molar-refractivity contribution is 5.81. The molecule has 2 atom stereocenters. The zero-order chi connectivity index (χ0) is 13.5. The second-order valence-corrected chi connectivity index (χ2v) is 3.85. The number of rotatable bonds is 7. The van der Waals surface area contributed by atoms with Crippen molar-refractivity contribution in [2.24, 2.45) is 5.73 Å². The summed E-state index contributed by atoms with van der Waals surface area (Å²) < 4.78 is 5.06. The number of nitrogens with two attached hydrogens (primary N) is 1. The van der Waals surface area contributed by atoms with Crippen molar-refractivity contribution in [1.29, 1.82) is 0 Å². The molecule has 7 nitrogen and oxygen atoms in total. The van der Waals surface area contributed by atoms with Gasteiger partial charge in [0.25, 0.3) is 0 Å². The van der Waals surface area contributed by atoms with Crippen LogP contribution in [0.2, 0.25) is 0 Å². The third-order valence-corrected chi connectivity index (χ3v) is 2.36. The van der Waals surface area contributed by atoms with Crippen LogP contribution in [-0.4, -0.2) is 35.6 Å². The van der Waals surface area contributed by atoms with E-state index in [1.165, 1.54) is 6.26 Å². The Labute approximate surface area is 104 Å². The average Bonchev–Trinajstić information content (AvgIpc) is 2.85. The Hall–Kier alpha value is -1.86. The van der Waals surface area contributed by atoms with Crippen molar-refractivity contribution in [2.45, 2.75) is 25.6 Å². The van der Waals surface area contributed by atoms with Gasteiger partial charge >= 0.3 is 0 Å². The van der Waals surface area contributed by atoms with E-state index in [2.05, 4.69) is 10.6 Å². The number of carbonyl (C=O) groups is 2. The zero-order valence-electron chi connectivity index (χ0n) is 10.1. The predicted octanol–water partition coefficient (Wildman–Crippen LogP) is -1.28. The Morgan fingerprint density at radius 3 is 2.83 bits per heavy atom. The van der Waals surface area contributed by atoms with E-state index in [0.29, 0.717) is 5.76 Å². The van der Waals surface area contributed by atoms with E-state index in [0.717, 1.165) is 0 Å². The molecule has 0 bridgehead atoms. The Morgan fingerprint density at radius 1 is 1.56 bits per heavy atom. The number of hydrogen-bond acceptors (Lipinski definition) is 5. The van der Waals surface area contributed by atoms with Gasteiger partial charge in [-0.1, -0.05) is 0 Å². The molecule has 5 N–H and O–H groups in total. The highest BCUT2D eigenvalue weighted by Crippen LogP contribution is 1.98. The second-order valence-electron chi connectivity index (χ2n) is 3.85. The lowest BCUT2D eigenvalue weighted by Gasteiger charge is -2.15. The van der Waals surface area contributed by atoms with Crippen LogP contribution in [0.15, 0.2) is 22.8 Å². The molecule has 0 radical (unpaired) electrons. The Bertz CT molecular complexity index is 391. The molecule has 100 valence electrons. The third kappa shape index (κ3) is 4.56. The molecule has 0 saturated carbocycles. The SMILES string of the molecule is CC(NCC(O)C(N)=O)C(=O)NCc1ccco1. The van der Waals surface area contributed by atoms with Crippen LogP contribution in [0.3, 0.4) is 0 Å². The normalized spacial score (nSPS) is 13.9. The first-order valence-electron chi connectivity index (χ1n) is 5.51. The summed E-state index contributed by atoms with van der Waals surface area (Å²) in [5.41, 5.74) is 4.88. The number of furan rings is 1. The van der Waals surface area contributed by atoms with Crippen molar-refractivity contribution in [3.05, 3.63) is 24.2 Å². The maximum absolute atomic E-state index is 11.6. The summed E-state index contributed by atoms with van der Waals surface area (Å²) in [5, 5.41) is 14.5. The van der Waals surface area contributed by atoms with Gasteiger partial charge < -0.3 is 25.9 Å². The van der Waals surface area contributed by atoms with Crippen molar-refractivity contribution in [1.82, 2.24) is 10.6 Å². The Balaban J connectivity index is 2.26. The van der Waals surface area contributed by atoms with Gasteiger partial charge in [0.1, 0.15) is 11.9 Å². The number of aliphatic hydroxyl groups excluding tert-OH is 1. The number of hydrogen-bond donors (Lipinski definition) is 4. The summed E-state index contributed by atoms with van der Waals surface area (Å²) >= 11 is 0. The molecule has 1 aromatic heterocycles. The van der Waals surface area contributed by atoms with Crippen LogP contribution in [-0.2, 0) is 16.1 Å². The molecule has 2 unspecified atom stereocenters. The topological polar surface area (TPSA) is 118 Å². The van der Waals surface area contributed by atoms with E-state index in [1.54, 1.807) is 19.1 Å². The monoisotopic (exact) mass is 255 g/mol. The van der Waals surface area contributed by atoms with Gasteiger partial charge in [0.05, 0.1) is 18.8 Å². The molecule has 0 saturated heterocycles. The van der Waals surface area contributed by atoms with Gasteiger partial charge in [0, 0.05) is 6.54 Å². The maximum Gasteiger partial charge on any atom is 0.247 e. The molecule has 1 aromatic rings. The van der Waals surface area contributed by atoms with Crippen LogP contribution in [0.5, 0.6) is 0 Å². The minimum absolute atomic E-state index is 0.0648.